The predicted molar refractivity (Wildman–Crippen MR) is 136 cm³/mol. The molecule has 0 radical (unpaired) electrons. The predicted octanol–water partition coefficient (Wildman–Crippen LogP) is 3.42. The van der Waals surface area contributed by atoms with Gasteiger partial charge in [0, 0.05) is 58.2 Å². The Balaban J connectivity index is 1.93. The number of rotatable bonds is 6. The van der Waals surface area contributed by atoms with Gasteiger partial charge in [0.25, 0.3) is 5.91 Å². The molecule has 2 aromatic carbocycles. The highest BCUT2D eigenvalue weighted by molar-refractivity contribution is 5.99. The maximum Gasteiger partial charge on any atom is 0.257 e. The molecule has 196 valence electrons. The van der Waals surface area contributed by atoms with E-state index in [1.165, 1.54) is 13.2 Å². The second-order valence-electron chi connectivity index (χ2n) is 9.31. The van der Waals surface area contributed by atoms with Crippen LogP contribution in [0.3, 0.4) is 0 Å². The molecular weight excluding hydrogens is 465 g/mol. The molecule has 3 atom stereocenters. The number of carbonyl (C=O) groups excluding carboxylic acids is 2. The van der Waals surface area contributed by atoms with Crippen LogP contribution in [0.2, 0.25) is 0 Å². The lowest BCUT2D eigenvalue weighted by Crippen LogP contribution is -2.46. The molecule has 1 heterocycles. The molecule has 2 aromatic rings. The van der Waals surface area contributed by atoms with Gasteiger partial charge in [-0.3, -0.25) is 14.5 Å². The van der Waals surface area contributed by atoms with Crippen LogP contribution in [0.1, 0.15) is 29.8 Å². The fourth-order valence-electron chi connectivity index (χ4n) is 4.32. The molecule has 1 aliphatic heterocycles. The smallest absolute Gasteiger partial charge is 0.257 e. The summed E-state index contributed by atoms with van der Waals surface area (Å²) in [6.07, 6.45) is -0.234. The minimum atomic E-state index is -0.321. The first-order chi connectivity index (χ1) is 17.2. The van der Waals surface area contributed by atoms with Crippen molar-refractivity contribution in [3.8, 4) is 5.75 Å². The zero-order valence-electron chi connectivity index (χ0n) is 21.6. The van der Waals surface area contributed by atoms with Crippen molar-refractivity contribution in [2.75, 3.05) is 52.9 Å². The quantitative estimate of drug-likeness (QED) is 0.654. The summed E-state index contributed by atoms with van der Waals surface area (Å²) < 4.78 is 31.2. The van der Waals surface area contributed by atoms with Crippen molar-refractivity contribution in [1.29, 1.82) is 0 Å². The Morgan fingerprint density at radius 3 is 2.61 bits per heavy atom. The van der Waals surface area contributed by atoms with Crippen molar-refractivity contribution in [1.82, 2.24) is 9.80 Å². The number of hydrogen-bond donors (Lipinski definition) is 1. The van der Waals surface area contributed by atoms with E-state index < -0.39 is 0 Å². The fraction of sp³-hybridized carbons (Fsp3) is 0.481. The van der Waals surface area contributed by atoms with Gasteiger partial charge < -0.3 is 24.4 Å². The average molecular weight is 502 g/mol. The third kappa shape index (κ3) is 7.02. The second kappa shape index (κ2) is 12.8. The van der Waals surface area contributed by atoms with Crippen molar-refractivity contribution in [2.45, 2.75) is 32.5 Å². The Hall–Kier alpha value is -3.01. The molecule has 0 saturated heterocycles. The topological polar surface area (TPSA) is 80.3 Å². The molecule has 1 N–H and O–H groups in total. The van der Waals surface area contributed by atoms with E-state index in [2.05, 4.69) is 17.1 Å². The monoisotopic (exact) mass is 501 g/mol. The summed E-state index contributed by atoms with van der Waals surface area (Å²) in [5, 5.41) is 2.73. The summed E-state index contributed by atoms with van der Waals surface area (Å²) in [6.45, 7) is 5.70. The van der Waals surface area contributed by atoms with Crippen LogP contribution in [0.5, 0.6) is 5.75 Å². The molecule has 1 aliphatic rings. The standard InChI is InChI=1S/C27H36FN3O5/c1-18-13-31(14-20-8-6-7-9-23(20)28)19(2)16-36-24-11-10-21(29-26(32)17-34-4)12-22(24)27(33)30(3)15-25(18)35-5/h6-12,18-19,25H,13-17H2,1-5H3,(H,29,32)/t18-,19-,25+/m1/s1. The highest BCUT2D eigenvalue weighted by Crippen LogP contribution is 2.27. The van der Waals surface area contributed by atoms with Gasteiger partial charge in [-0.15, -0.1) is 0 Å². The van der Waals surface area contributed by atoms with Gasteiger partial charge in [0.05, 0.1) is 11.7 Å². The van der Waals surface area contributed by atoms with Gasteiger partial charge >= 0.3 is 0 Å². The molecular formula is C27H36FN3O5. The molecule has 0 unspecified atom stereocenters. The lowest BCUT2D eigenvalue weighted by atomic mass is 10.0. The van der Waals surface area contributed by atoms with Crippen molar-refractivity contribution in [3.63, 3.8) is 0 Å². The van der Waals surface area contributed by atoms with Crippen LogP contribution in [-0.2, 0) is 20.8 Å². The van der Waals surface area contributed by atoms with Gasteiger partial charge in [-0.2, -0.15) is 0 Å². The minimum Gasteiger partial charge on any atom is -0.491 e. The van der Waals surface area contributed by atoms with E-state index in [4.69, 9.17) is 14.2 Å². The Bertz CT molecular complexity index is 1050. The summed E-state index contributed by atoms with van der Waals surface area (Å²) in [4.78, 5) is 29.2. The molecule has 9 heteroatoms. The fourth-order valence-corrected chi connectivity index (χ4v) is 4.32. The number of amides is 2. The van der Waals surface area contributed by atoms with Gasteiger partial charge in [0.15, 0.2) is 0 Å². The van der Waals surface area contributed by atoms with Crippen LogP contribution in [0, 0.1) is 11.7 Å². The molecule has 2 amide bonds. The van der Waals surface area contributed by atoms with E-state index in [-0.39, 0.29) is 48.9 Å². The molecule has 0 spiro atoms. The highest BCUT2D eigenvalue weighted by atomic mass is 19.1. The lowest BCUT2D eigenvalue weighted by Gasteiger charge is -2.36. The normalized spacial score (nSPS) is 21.7. The summed E-state index contributed by atoms with van der Waals surface area (Å²) in [5.74, 6) is -0.335. The van der Waals surface area contributed by atoms with Gasteiger partial charge in [-0.05, 0) is 37.1 Å². The van der Waals surface area contributed by atoms with E-state index in [1.807, 2.05) is 13.0 Å². The van der Waals surface area contributed by atoms with Crippen molar-refractivity contribution in [3.05, 3.63) is 59.4 Å². The van der Waals surface area contributed by atoms with Crippen LogP contribution in [0.25, 0.3) is 0 Å². The number of anilines is 1. The number of likely N-dealkylation sites (N-methyl/N-ethyl adjacent to an activating group) is 1. The zero-order valence-corrected chi connectivity index (χ0v) is 21.6. The number of halogens is 1. The second-order valence-corrected chi connectivity index (χ2v) is 9.31. The highest BCUT2D eigenvalue weighted by Gasteiger charge is 2.29. The van der Waals surface area contributed by atoms with Crippen molar-refractivity contribution >= 4 is 17.5 Å². The molecule has 0 aromatic heterocycles. The summed E-state index contributed by atoms with van der Waals surface area (Å²) in [7, 11) is 4.79. The van der Waals surface area contributed by atoms with Gasteiger partial charge in [-0.25, -0.2) is 4.39 Å². The van der Waals surface area contributed by atoms with E-state index in [1.54, 1.807) is 49.4 Å². The Morgan fingerprint density at radius 2 is 1.92 bits per heavy atom. The average Bonchev–Trinajstić information content (AvgIpc) is 2.85. The van der Waals surface area contributed by atoms with E-state index in [0.717, 1.165) is 0 Å². The van der Waals surface area contributed by atoms with E-state index >= 15 is 0 Å². The maximum atomic E-state index is 14.5. The van der Waals surface area contributed by atoms with Crippen LogP contribution in [0.4, 0.5) is 10.1 Å². The Kier molecular flexibility index (Phi) is 9.81. The van der Waals surface area contributed by atoms with Crippen LogP contribution >= 0.6 is 0 Å². The number of fused-ring (bicyclic) bond motifs is 1. The number of nitrogens with zero attached hydrogens (tertiary/aromatic N) is 2. The van der Waals surface area contributed by atoms with Crippen LogP contribution < -0.4 is 10.1 Å². The Morgan fingerprint density at radius 1 is 1.17 bits per heavy atom. The number of methoxy groups -OCH3 is 2. The first-order valence-corrected chi connectivity index (χ1v) is 12.0. The van der Waals surface area contributed by atoms with E-state index in [9.17, 15) is 14.0 Å². The third-order valence-electron chi connectivity index (χ3n) is 6.46. The summed E-state index contributed by atoms with van der Waals surface area (Å²) >= 11 is 0. The number of nitrogens with one attached hydrogen (secondary N) is 1. The summed E-state index contributed by atoms with van der Waals surface area (Å²) in [6, 6.07) is 11.7. The van der Waals surface area contributed by atoms with Gasteiger partial charge in [0.1, 0.15) is 24.8 Å². The first kappa shape index (κ1) is 27.6. The zero-order chi connectivity index (χ0) is 26.2. The third-order valence-corrected chi connectivity index (χ3v) is 6.46. The SMILES string of the molecule is COCC(=O)Nc1ccc2c(c1)C(=O)N(C)C[C@H](OC)[C@H](C)CN(Cc1ccccc1F)[C@H](C)CO2. The van der Waals surface area contributed by atoms with Gasteiger partial charge in [-0.1, -0.05) is 25.1 Å². The number of hydrogen-bond acceptors (Lipinski definition) is 6. The largest absolute Gasteiger partial charge is 0.491 e. The van der Waals surface area contributed by atoms with Gasteiger partial charge in [0.2, 0.25) is 5.91 Å². The molecule has 3 rings (SSSR count). The lowest BCUT2D eigenvalue weighted by molar-refractivity contribution is -0.119. The first-order valence-electron chi connectivity index (χ1n) is 12.0. The van der Waals surface area contributed by atoms with Crippen LogP contribution in [0.15, 0.2) is 42.5 Å². The molecule has 36 heavy (non-hydrogen) atoms. The summed E-state index contributed by atoms with van der Waals surface area (Å²) in [5.41, 5.74) is 1.42. The maximum absolute atomic E-state index is 14.5. The molecule has 8 nitrogen and oxygen atoms in total. The molecule has 0 bridgehead atoms. The molecule has 0 aliphatic carbocycles. The molecule has 0 saturated carbocycles. The molecule has 0 fully saturated rings. The van der Waals surface area contributed by atoms with E-state index in [0.29, 0.717) is 42.2 Å². The number of ether oxygens (including phenoxy) is 3. The minimum absolute atomic E-state index is 0.0537. The Labute approximate surface area is 212 Å². The van der Waals surface area contributed by atoms with Crippen molar-refractivity contribution in [2.24, 2.45) is 5.92 Å². The van der Waals surface area contributed by atoms with Crippen LogP contribution in [-0.4, -0.2) is 81.3 Å². The number of benzene rings is 2. The number of carbonyl (C=O) groups is 2. The van der Waals surface area contributed by atoms with Crippen molar-refractivity contribution < 1.29 is 28.2 Å².